The number of aromatic nitrogens is 1. The summed E-state index contributed by atoms with van der Waals surface area (Å²) in [4.78, 5) is 19.1. The first-order valence-electron chi connectivity index (χ1n) is 7.37. The van der Waals surface area contributed by atoms with Gasteiger partial charge in [-0.15, -0.1) is 0 Å². The zero-order valence-electron chi connectivity index (χ0n) is 12.5. The number of Topliss-reactive ketones (excluding diaryl/α,β-unsaturated/α-hetero) is 1. The molecule has 0 saturated heterocycles. The number of hydrogen-bond acceptors (Lipinski definition) is 4. The quantitative estimate of drug-likeness (QED) is 0.869. The molecule has 0 N–H and O–H groups in total. The molecule has 0 aliphatic carbocycles. The van der Waals surface area contributed by atoms with Gasteiger partial charge in [0.2, 0.25) is 0 Å². The normalized spacial score (nSPS) is 15.7. The standard InChI is InChI=1S/C18H18N2O2/c1-14(15-7-3-2-4-8-15)18(21)16-13-22-12-11-20(16)17-9-5-6-10-19-17/h2-10,13-14H,11-12H2,1H3. The monoisotopic (exact) mass is 294 g/mol. The molecule has 0 bridgehead atoms. The maximum atomic E-state index is 12.9. The van der Waals surface area contributed by atoms with E-state index in [-0.39, 0.29) is 11.7 Å². The molecule has 1 aliphatic heterocycles. The first-order chi connectivity index (χ1) is 10.8. The lowest BCUT2D eigenvalue weighted by molar-refractivity contribution is -0.117. The molecule has 1 unspecified atom stereocenters. The molecule has 22 heavy (non-hydrogen) atoms. The average molecular weight is 294 g/mol. The minimum atomic E-state index is -0.222. The SMILES string of the molecule is CC(C(=O)C1=COCCN1c1ccccn1)c1ccccc1. The van der Waals surface area contributed by atoms with Gasteiger partial charge in [-0.3, -0.25) is 4.79 Å². The Labute approximate surface area is 130 Å². The predicted molar refractivity (Wildman–Crippen MR) is 85.5 cm³/mol. The third kappa shape index (κ3) is 2.86. The van der Waals surface area contributed by atoms with Crippen molar-refractivity contribution in [1.82, 2.24) is 4.98 Å². The zero-order valence-corrected chi connectivity index (χ0v) is 12.5. The second-order valence-corrected chi connectivity index (χ2v) is 5.21. The summed E-state index contributed by atoms with van der Waals surface area (Å²) >= 11 is 0. The Kier molecular flexibility index (Phi) is 4.19. The molecule has 4 heteroatoms. The van der Waals surface area contributed by atoms with E-state index in [2.05, 4.69) is 4.98 Å². The molecule has 0 radical (unpaired) electrons. The molecular formula is C18H18N2O2. The van der Waals surface area contributed by atoms with E-state index in [1.165, 1.54) is 0 Å². The molecule has 1 aromatic heterocycles. The predicted octanol–water partition coefficient (Wildman–Crippen LogP) is 3.13. The number of carbonyl (C=O) groups excluding carboxylic acids is 1. The molecule has 2 aromatic rings. The zero-order chi connectivity index (χ0) is 15.4. The van der Waals surface area contributed by atoms with Crippen LogP contribution in [0.3, 0.4) is 0 Å². The highest BCUT2D eigenvalue weighted by molar-refractivity contribution is 6.02. The van der Waals surface area contributed by atoms with Crippen molar-refractivity contribution in [1.29, 1.82) is 0 Å². The summed E-state index contributed by atoms with van der Waals surface area (Å²) in [7, 11) is 0. The van der Waals surface area contributed by atoms with Crippen LogP contribution < -0.4 is 4.90 Å². The van der Waals surface area contributed by atoms with Crippen LogP contribution in [0.25, 0.3) is 0 Å². The Bertz CT molecular complexity index is 668. The molecule has 0 fully saturated rings. The van der Waals surface area contributed by atoms with Gasteiger partial charge in [-0.05, 0) is 17.7 Å². The van der Waals surface area contributed by atoms with E-state index >= 15 is 0 Å². The van der Waals surface area contributed by atoms with E-state index in [0.717, 1.165) is 11.4 Å². The first-order valence-corrected chi connectivity index (χ1v) is 7.37. The van der Waals surface area contributed by atoms with Crippen LogP contribution in [-0.2, 0) is 9.53 Å². The van der Waals surface area contributed by atoms with Crippen molar-refractivity contribution in [3.63, 3.8) is 0 Å². The topological polar surface area (TPSA) is 42.4 Å². The third-order valence-electron chi connectivity index (χ3n) is 3.79. The van der Waals surface area contributed by atoms with Gasteiger partial charge in [0.25, 0.3) is 0 Å². The van der Waals surface area contributed by atoms with E-state index in [1.807, 2.05) is 60.4 Å². The molecule has 3 rings (SSSR count). The maximum Gasteiger partial charge on any atom is 0.189 e. The summed E-state index contributed by atoms with van der Waals surface area (Å²) in [6.07, 6.45) is 3.29. The van der Waals surface area contributed by atoms with Gasteiger partial charge in [0.1, 0.15) is 24.4 Å². The number of benzene rings is 1. The lowest BCUT2D eigenvalue weighted by Crippen LogP contribution is -2.36. The van der Waals surface area contributed by atoms with Crippen LogP contribution >= 0.6 is 0 Å². The molecule has 112 valence electrons. The number of carbonyl (C=O) groups is 1. The fourth-order valence-electron chi connectivity index (χ4n) is 2.52. The van der Waals surface area contributed by atoms with Gasteiger partial charge in [-0.2, -0.15) is 0 Å². The van der Waals surface area contributed by atoms with E-state index < -0.39 is 0 Å². The summed E-state index contributed by atoms with van der Waals surface area (Å²) in [6, 6.07) is 15.5. The molecule has 1 aliphatic rings. The van der Waals surface area contributed by atoms with Crippen LogP contribution in [0.4, 0.5) is 5.82 Å². The largest absolute Gasteiger partial charge is 0.497 e. The Balaban J connectivity index is 1.88. The molecule has 4 nitrogen and oxygen atoms in total. The Morgan fingerprint density at radius 3 is 2.68 bits per heavy atom. The van der Waals surface area contributed by atoms with Crippen molar-refractivity contribution in [3.8, 4) is 0 Å². The van der Waals surface area contributed by atoms with Gasteiger partial charge in [-0.25, -0.2) is 4.98 Å². The summed E-state index contributed by atoms with van der Waals surface area (Å²) in [5.74, 6) is 0.586. The van der Waals surface area contributed by atoms with Crippen molar-refractivity contribution < 1.29 is 9.53 Å². The molecule has 2 heterocycles. The molecular weight excluding hydrogens is 276 g/mol. The minimum absolute atomic E-state index is 0.0385. The van der Waals surface area contributed by atoms with E-state index in [1.54, 1.807) is 12.5 Å². The van der Waals surface area contributed by atoms with Crippen LogP contribution in [0.2, 0.25) is 0 Å². The van der Waals surface area contributed by atoms with Crippen molar-refractivity contribution in [3.05, 3.63) is 72.3 Å². The number of pyridine rings is 1. The third-order valence-corrected chi connectivity index (χ3v) is 3.79. The van der Waals surface area contributed by atoms with Crippen LogP contribution in [0, 0.1) is 0 Å². The summed E-state index contributed by atoms with van der Waals surface area (Å²) in [5.41, 5.74) is 1.56. The number of allylic oxidation sites excluding steroid dienone is 1. The highest BCUT2D eigenvalue weighted by Gasteiger charge is 2.27. The van der Waals surface area contributed by atoms with Gasteiger partial charge in [0.15, 0.2) is 5.78 Å². The van der Waals surface area contributed by atoms with Crippen molar-refractivity contribution in [2.45, 2.75) is 12.8 Å². The highest BCUT2D eigenvalue weighted by Crippen LogP contribution is 2.26. The molecule has 1 aromatic carbocycles. The first kappa shape index (κ1) is 14.3. The fourth-order valence-corrected chi connectivity index (χ4v) is 2.52. The Hall–Kier alpha value is -2.62. The average Bonchev–Trinajstić information content (AvgIpc) is 2.62. The van der Waals surface area contributed by atoms with Crippen molar-refractivity contribution in [2.75, 3.05) is 18.1 Å². The number of nitrogens with zero attached hydrogens (tertiary/aromatic N) is 2. The smallest absolute Gasteiger partial charge is 0.189 e. The minimum Gasteiger partial charge on any atom is -0.497 e. The van der Waals surface area contributed by atoms with Crippen molar-refractivity contribution >= 4 is 11.6 Å². The van der Waals surface area contributed by atoms with Crippen LogP contribution in [-0.4, -0.2) is 23.9 Å². The maximum absolute atomic E-state index is 12.9. The van der Waals surface area contributed by atoms with Crippen LogP contribution in [0.15, 0.2) is 66.7 Å². The van der Waals surface area contributed by atoms with Crippen LogP contribution in [0.5, 0.6) is 0 Å². The van der Waals surface area contributed by atoms with Gasteiger partial charge >= 0.3 is 0 Å². The summed E-state index contributed by atoms with van der Waals surface area (Å²) in [6.45, 7) is 3.09. The number of anilines is 1. The summed E-state index contributed by atoms with van der Waals surface area (Å²) in [5, 5.41) is 0. The number of ether oxygens (including phenoxy) is 1. The Morgan fingerprint density at radius 2 is 1.95 bits per heavy atom. The van der Waals surface area contributed by atoms with Gasteiger partial charge < -0.3 is 9.64 Å². The number of rotatable bonds is 4. The summed E-state index contributed by atoms with van der Waals surface area (Å²) < 4.78 is 5.39. The molecule has 0 amide bonds. The van der Waals surface area contributed by atoms with Gasteiger partial charge in [-0.1, -0.05) is 43.3 Å². The van der Waals surface area contributed by atoms with E-state index in [4.69, 9.17) is 4.74 Å². The molecule has 0 spiro atoms. The van der Waals surface area contributed by atoms with Crippen LogP contribution in [0.1, 0.15) is 18.4 Å². The number of ketones is 1. The Morgan fingerprint density at radius 1 is 1.18 bits per heavy atom. The lowest BCUT2D eigenvalue weighted by Gasteiger charge is -2.29. The second kappa shape index (κ2) is 6.43. The molecule has 0 saturated carbocycles. The second-order valence-electron chi connectivity index (χ2n) is 5.21. The highest BCUT2D eigenvalue weighted by atomic mass is 16.5. The lowest BCUT2D eigenvalue weighted by atomic mass is 9.94. The van der Waals surface area contributed by atoms with E-state index in [9.17, 15) is 4.79 Å². The molecule has 1 atom stereocenters. The van der Waals surface area contributed by atoms with E-state index in [0.29, 0.717) is 18.8 Å². The van der Waals surface area contributed by atoms with Gasteiger partial charge in [0, 0.05) is 12.1 Å². The fraction of sp³-hybridized carbons (Fsp3) is 0.222. The number of hydrogen-bond donors (Lipinski definition) is 0. The van der Waals surface area contributed by atoms with Crippen molar-refractivity contribution in [2.24, 2.45) is 0 Å². The van der Waals surface area contributed by atoms with Gasteiger partial charge in [0.05, 0.1) is 6.54 Å².